The zero-order valence-electron chi connectivity index (χ0n) is 20.8. The highest BCUT2D eigenvalue weighted by Gasteiger charge is 2.30. The maximum absolute atomic E-state index is 14.7. The molecule has 9 nitrogen and oxygen atoms in total. The van der Waals surface area contributed by atoms with Crippen LogP contribution in [0.4, 0.5) is 10.3 Å². The van der Waals surface area contributed by atoms with Gasteiger partial charge < -0.3 is 11.5 Å². The Morgan fingerprint density at radius 3 is 2.29 bits per heavy atom. The number of nitrogens with zero attached hydrogens (tertiary/aromatic N) is 5. The fraction of sp³-hybridized carbons (Fsp3) is 0.500. The van der Waals surface area contributed by atoms with Crippen LogP contribution >= 0.6 is 0 Å². The zero-order chi connectivity index (χ0) is 24.5. The minimum absolute atomic E-state index is 0. The van der Waals surface area contributed by atoms with Gasteiger partial charge >= 0.3 is 0 Å². The first-order valence-corrected chi connectivity index (χ1v) is 13.3. The molecular weight excluding hydrogens is 469 g/mol. The highest BCUT2D eigenvalue weighted by Crippen LogP contribution is 2.26. The largest absolute Gasteiger partial charge is 0.351 e. The van der Waals surface area contributed by atoms with Gasteiger partial charge in [0.05, 0.1) is 33.9 Å². The Bertz CT molecular complexity index is 1290. The van der Waals surface area contributed by atoms with E-state index in [0.29, 0.717) is 43.0 Å². The normalized spacial score (nSPS) is 15.4. The van der Waals surface area contributed by atoms with Crippen LogP contribution in [0.5, 0.6) is 0 Å². The fourth-order valence-corrected chi connectivity index (χ4v) is 5.53. The average molecular weight is 504 g/mol. The first-order chi connectivity index (χ1) is 16.2. The highest BCUT2D eigenvalue weighted by atomic mass is 32.2. The van der Waals surface area contributed by atoms with Crippen molar-refractivity contribution in [3.63, 3.8) is 0 Å². The summed E-state index contributed by atoms with van der Waals surface area (Å²) in [5.41, 5.74) is 4.21. The molecule has 4 rings (SSSR count). The molecule has 3 aromatic rings. The molecule has 190 valence electrons. The second kappa shape index (κ2) is 10.9. The van der Waals surface area contributed by atoms with Gasteiger partial charge in [-0.3, -0.25) is 0 Å². The molecule has 11 heteroatoms. The summed E-state index contributed by atoms with van der Waals surface area (Å²) in [4.78, 5) is 18.0. The van der Waals surface area contributed by atoms with Crippen LogP contribution < -0.4 is 11.5 Å². The number of piperidine rings is 1. The van der Waals surface area contributed by atoms with E-state index in [-0.39, 0.29) is 17.9 Å². The Balaban J connectivity index is 0.00000342. The minimum Gasteiger partial charge on any atom is -0.351 e. The molecular formula is C24H34FN7O2S. The first-order valence-electron chi connectivity index (χ1n) is 11.8. The molecule has 0 atom stereocenters. The minimum atomic E-state index is -3.26. The van der Waals surface area contributed by atoms with Crippen molar-refractivity contribution in [2.24, 2.45) is 0 Å². The molecule has 1 saturated heterocycles. The molecule has 2 aromatic heterocycles. The van der Waals surface area contributed by atoms with E-state index in [0.717, 1.165) is 35.9 Å². The lowest BCUT2D eigenvalue weighted by Gasteiger charge is -2.32. The van der Waals surface area contributed by atoms with E-state index >= 15 is 0 Å². The molecule has 35 heavy (non-hydrogen) atoms. The van der Waals surface area contributed by atoms with Crippen LogP contribution in [0.3, 0.4) is 0 Å². The van der Waals surface area contributed by atoms with E-state index in [1.165, 1.54) is 4.31 Å². The standard InChI is InChI=1S/C24H31FN6O2S.H3N/c1-5-19-20(6-2)29-22-13-16(7-8-21(22)28-19)23-18(25)14-26-24(30-23)27-17-9-11-31(12-10-17)34(32,33)15(3)4;/h7-8,13-15,17H,5-6,9-12H2,1-4H3,(H,26,27,30);1H3. The number of aromatic nitrogens is 4. The van der Waals surface area contributed by atoms with Crippen LogP contribution in [-0.2, 0) is 22.9 Å². The number of aryl methyl sites for hydroxylation is 2. The third-order valence-electron chi connectivity index (χ3n) is 6.25. The maximum atomic E-state index is 14.7. The number of benzene rings is 1. The number of halogens is 1. The Morgan fingerprint density at radius 1 is 1.06 bits per heavy atom. The van der Waals surface area contributed by atoms with E-state index in [4.69, 9.17) is 9.97 Å². The van der Waals surface area contributed by atoms with Gasteiger partial charge in [0.1, 0.15) is 5.69 Å². The lowest BCUT2D eigenvalue weighted by Crippen LogP contribution is -2.45. The molecule has 0 radical (unpaired) electrons. The average Bonchev–Trinajstić information content (AvgIpc) is 2.84. The number of fused-ring (bicyclic) bond motifs is 1. The molecule has 0 unspecified atom stereocenters. The third-order valence-corrected chi connectivity index (χ3v) is 8.53. The second-order valence-electron chi connectivity index (χ2n) is 8.83. The predicted molar refractivity (Wildman–Crippen MR) is 137 cm³/mol. The van der Waals surface area contributed by atoms with Crippen LogP contribution in [0.2, 0.25) is 0 Å². The van der Waals surface area contributed by atoms with Gasteiger partial charge in [-0.1, -0.05) is 19.9 Å². The first kappa shape index (κ1) is 26.8. The van der Waals surface area contributed by atoms with E-state index in [9.17, 15) is 12.8 Å². The van der Waals surface area contributed by atoms with Gasteiger partial charge in [-0.25, -0.2) is 37.0 Å². The van der Waals surface area contributed by atoms with Gasteiger partial charge in [-0.15, -0.1) is 0 Å². The molecule has 3 heterocycles. The zero-order valence-corrected chi connectivity index (χ0v) is 21.6. The molecule has 4 N–H and O–H groups in total. The van der Waals surface area contributed by atoms with E-state index in [2.05, 4.69) is 22.2 Å². The maximum Gasteiger partial charge on any atom is 0.223 e. The molecule has 0 spiro atoms. The molecule has 0 saturated carbocycles. The molecule has 1 aliphatic rings. The summed E-state index contributed by atoms with van der Waals surface area (Å²) < 4.78 is 41.0. The SMILES string of the molecule is CCc1nc2ccc(-c3nc(NC4CCN(S(=O)(=O)C(C)C)CC4)ncc3F)cc2nc1CC.N. The molecule has 0 aliphatic carbocycles. The monoisotopic (exact) mass is 503 g/mol. The summed E-state index contributed by atoms with van der Waals surface area (Å²) in [6.45, 7) is 8.37. The van der Waals surface area contributed by atoms with Crippen molar-refractivity contribution in [2.75, 3.05) is 18.4 Å². The van der Waals surface area contributed by atoms with Crippen molar-refractivity contribution in [1.82, 2.24) is 30.4 Å². The van der Waals surface area contributed by atoms with Crippen molar-refractivity contribution >= 4 is 27.0 Å². The van der Waals surface area contributed by atoms with Crippen molar-refractivity contribution in [1.29, 1.82) is 0 Å². The predicted octanol–water partition coefficient (Wildman–Crippen LogP) is 4.13. The quantitative estimate of drug-likeness (QED) is 0.491. The van der Waals surface area contributed by atoms with Crippen molar-refractivity contribution in [3.05, 3.63) is 41.6 Å². The lowest BCUT2D eigenvalue weighted by atomic mass is 10.1. The van der Waals surface area contributed by atoms with Crippen LogP contribution in [0, 0.1) is 5.82 Å². The Labute approximate surface area is 206 Å². The van der Waals surface area contributed by atoms with Gasteiger partial charge in [0.2, 0.25) is 16.0 Å². The van der Waals surface area contributed by atoms with Gasteiger partial charge in [0.15, 0.2) is 5.82 Å². The molecule has 1 fully saturated rings. The summed E-state index contributed by atoms with van der Waals surface area (Å²) in [7, 11) is -3.26. The third kappa shape index (κ3) is 5.57. The lowest BCUT2D eigenvalue weighted by molar-refractivity contribution is 0.326. The van der Waals surface area contributed by atoms with Gasteiger partial charge in [0, 0.05) is 24.7 Å². The molecule has 1 aromatic carbocycles. The summed E-state index contributed by atoms with van der Waals surface area (Å²) in [6.07, 6.45) is 4.02. The Kier molecular flexibility index (Phi) is 8.34. The van der Waals surface area contributed by atoms with Crippen LogP contribution in [-0.4, -0.2) is 57.0 Å². The summed E-state index contributed by atoms with van der Waals surface area (Å²) >= 11 is 0. The topological polar surface area (TPSA) is 136 Å². The molecule has 1 aliphatic heterocycles. The van der Waals surface area contributed by atoms with E-state index < -0.39 is 21.1 Å². The van der Waals surface area contributed by atoms with Gasteiger partial charge in [-0.2, -0.15) is 0 Å². The molecule has 0 amide bonds. The Hall–Kier alpha value is -2.76. The molecule has 0 bridgehead atoms. The number of anilines is 1. The number of nitrogens with one attached hydrogen (secondary N) is 1. The fourth-order valence-electron chi connectivity index (χ4n) is 4.22. The van der Waals surface area contributed by atoms with Crippen LogP contribution in [0.15, 0.2) is 24.4 Å². The second-order valence-corrected chi connectivity index (χ2v) is 11.3. The van der Waals surface area contributed by atoms with Gasteiger partial charge in [-0.05, 0) is 51.7 Å². The Morgan fingerprint density at radius 2 is 1.69 bits per heavy atom. The smallest absolute Gasteiger partial charge is 0.223 e. The number of hydrogen-bond acceptors (Lipinski definition) is 8. The van der Waals surface area contributed by atoms with E-state index in [1.807, 2.05) is 19.1 Å². The van der Waals surface area contributed by atoms with E-state index in [1.54, 1.807) is 19.9 Å². The van der Waals surface area contributed by atoms with Crippen molar-refractivity contribution in [2.45, 2.75) is 64.7 Å². The van der Waals surface area contributed by atoms with Crippen LogP contribution in [0.1, 0.15) is 51.9 Å². The number of sulfonamides is 1. The summed E-state index contributed by atoms with van der Waals surface area (Å²) in [6, 6.07) is 5.47. The van der Waals surface area contributed by atoms with Gasteiger partial charge in [0.25, 0.3) is 0 Å². The summed E-state index contributed by atoms with van der Waals surface area (Å²) in [5, 5.41) is 2.82. The van der Waals surface area contributed by atoms with Crippen LogP contribution in [0.25, 0.3) is 22.3 Å². The highest BCUT2D eigenvalue weighted by molar-refractivity contribution is 7.89. The van der Waals surface area contributed by atoms with Crippen molar-refractivity contribution < 1.29 is 12.8 Å². The van der Waals surface area contributed by atoms with Crippen molar-refractivity contribution in [3.8, 4) is 11.3 Å². The number of rotatable bonds is 7. The number of hydrogen-bond donors (Lipinski definition) is 2. The summed E-state index contributed by atoms with van der Waals surface area (Å²) in [5.74, 6) is -0.195.